The molecule has 6 nitrogen and oxygen atoms in total. The molecule has 7 heteroatoms. The molecule has 2 aromatic carbocycles. The predicted octanol–water partition coefficient (Wildman–Crippen LogP) is 1.20. The maximum absolute atomic E-state index is 11.1. The Balaban J connectivity index is 2.65. The summed E-state index contributed by atoms with van der Waals surface area (Å²) in [6.07, 6.45) is 0. The fourth-order valence-electron chi connectivity index (χ4n) is 1.86. The van der Waals surface area contributed by atoms with Crippen LogP contribution in [-0.2, 0) is 10.1 Å². The van der Waals surface area contributed by atoms with Gasteiger partial charge in [-0.2, -0.15) is 8.42 Å². The van der Waals surface area contributed by atoms with Crippen LogP contribution in [0.2, 0.25) is 0 Å². The SMILES string of the molecule is O=S(=O)(O)c1cc(O)c2c(NCCO)cccc2c1. The lowest BCUT2D eigenvalue weighted by Crippen LogP contribution is -2.06. The number of aliphatic hydroxyl groups excluding tert-OH is 1. The van der Waals surface area contributed by atoms with Gasteiger partial charge in [-0.05, 0) is 17.5 Å². The van der Waals surface area contributed by atoms with Gasteiger partial charge >= 0.3 is 0 Å². The molecule has 2 aromatic rings. The first kappa shape index (κ1) is 13.6. The van der Waals surface area contributed by atoms with Crippen LogP contribution in [0, 0.1) is 0 Å². The molecule has 0 heterocycles. The smallest absolute Gasteiger partial charge is 0.294 e. The van der Waals surface area contributed by atoms with Crippen LogP contribution in [0.3, 0.4) is 0 Å². The normalized spacial score (nSPS) is 11.7. The summed E-state index contributed by atoms with van der Waals surface area (Å²) >= 11 is 0. The standard InChI is InChI=1S/C12H13NO5S/c14-5-4-13-10-3-1-2-8-6-9(19(16,17)18)7-11(15)12(8)10/h1-3,6-7,13-15H,4-5H2,(H,16,17,18). The van der Waals surface area contributed by atoms with Gasteiger partial charge in [-0.3, -0.25) is 4.55 Å². The maximum atomic E-state index is 11.1. The molecule has 0 bridgehead atoms. The van der Waals surface area contributed by atoms with Crippen LogP contribution < -0.4 is 5.32 Å². The molecule has 19 heavy (non-hydrogen) atoms. The molecular formula is C12H13NO5S. The Kier molecular flexibility index (Phi) is 3.61. The molecule has 0 aromatic heterocycles. The molecule has 0 amide bonds. The van der Waals surface area contributed by atoms with Gasteiger partial charge in [0.2, 0.25) is 0 Å². The lowest BCUT2D eigenvalue weighted by Gasteiger charge is -2.11. The van der Waals surface area contributed by atoms with Crippen molar-refractivity contribution < 1.29 is 23.2 Å². The van der Waals surface area contributed by atoms with Crippen molar-refractivity contribution in [3.63, 3.8) is 0 Å². The van der Waals surface area contributed by atoms with Crippen molar-refractivity contribution in [2.24, 2.45) is 0 Å². The third kappa shape index (κ3) is 2.78. The molecule has 2 rings (SSSR count). The van der Waals surface area contributed by atoms with Crippen LogP contribution in [0.4, 0.5) is 5.69 Å². The average Bonchev–Trinajstić information content (AvgIpc) is 2.34. The summed E-state index contributed by atoms with van der Waals surface area (Å²) in [5, 5.41) is 22.5. The Morgan fingerprint density at radius 3 is 2.58 bits per heavy atom. The number of hydrogen-bond acceptors (Lipinski definition) is 5. The molecule has 0 radical (unpaired) electrons. The van der Waals surface area contributed by atoms with Crippen molar-refractivity contribution in [1.29, 1.82) is 0 Å². The van der Waals surface area contributed by atoms with Gasteiger partial charge in [0.25, 0.3) is 10.1 Å². The lowest BCUT2D eigenvalue weighted by molar-refractivity contribution is 0.311. The van der Waals surface area contributed by atoms with E-state index in [0.29, 0.717) is 23.0 Å². The number of fused-ring (bicyclic) bond motifs is 1. The summed E-state index contributed by atoms with van der Waals surface area (Å²) in [5.41, 5.74) is 0.575. The molecule has 0 saturated heterocycles. The molecule has 0 saturated carbocycles. The first-order valence-corrected chi connectivity index (χ1v) is 6.95. The third-order valence-corrected chi connectivity index (χ3v) is 3.49. The second-order valence-electron chi connectivity index (χ2n) is 3.97. The quantitative estimate of drug-likeness (QED) is 0.628. The summed E-state index contributed by atoms with van der Waals surface area (Å²) in [5.74, 6) is -0.258. The molecule has 0 spiro atoms. The zero-order chi connectivity index (χ0) is 14.0. The molecule has 0 fully saturated rings. The van der Waals surface area contributed by atoms with Crippen LogP contribution in [0.25, 0.3) is 10.8 Å². The summed E-state index contributed by atoms with van der Waals surface area (Å²) in [6, 6.07) is 7.25. The Bertz CT molecular complexity index is 711. The highest BCUT2D eigenvalue weighted by molar-refractivity contribution is 7.85. The van der Waals surface area contributed by atoms with Crippen molar-refractivity contribution >= 4 is 26.6 Å². The van der Waals surface area contributed by atoms with E-state index in [4.69, 9.17) is 9.66 Å². The number of rotatable bonds is 4. The van der Waals surface area contributed by atoms with Gasteiger partial charge in [-0.15, -0.1) is 0 Å². The minimum atomic E-state index is -4.37. The molecule has 4 N–H and O–H groups in total. The second-order valence-corrected chi connectivity index (χ2v) is 5.39. The topological polar surface area (TPSA) is 107 Å². The number of hydrogen-bond donors (Lipinski definition) is 4. The van der Waals surface area contributed by atoms with Gasteiger partial charge < -0.3 is 15.5 Å². The predicted molar refractivity (Wildman–Crippen MR) is 71.0 cm³/mol. The number of phenols is 1. The zero-order valence-corrected chi connectivity index (χ0v) is 10.7. The summed E-state index contributed by atoms with van der Waals surface area (Å²) in [4.78, 5) is -0.364. The van der Waals surface area contributed by atoms with E-state index in [0.717, 1.165) is 6.07 Å². The van der Waals surface area contributed by atoms with Gasteiger partial charge in [0.15, 0.2) is 0 Å². The Morgan fingerprint density at radius 1 is 1.21 bits per heavy atom. The molecule has 0 aliphatic rings. The summed E-state index contributed by atoms with van der Waals surface area (Å²) in [6.45, 7) is 0.235. The summed E-state index contributed by atoms with van der Waals surface area (Å²) in [7, 11) is -4.37. The summed E-state index contributed by atoms with van der Waals surface area (Å²) < 4.78 is 31.2. The van der Waals surface area contributed by atoms with Gasteiger partial charge in [0.1, 0.15) is 5.75 Å². The Hall–Kier alpha value is -1.83. The van der Waals surface area contributed by atoms with Crippen LogP contribution in [0.5, 0.6) is 5.75 Å². The fraction of sp³-hybridized carbons (Fsp3) is 0.167. The number of aliphatic hydroxyl groups is 1. The minimum Gasteiger partial charge on any atom is -0.507 e. The van der Waals surface area contributed by atoms with Crippen LogP contribution in [0.15, 0.2) is 35.2 Å². The number of nitrogens with one attached hydrogen (secondary N) is 1. The molecule has 0 unspecified atom stereocenters. The van der Waals surface area contributed by atoms with E-state index in [1.54, 1.807) is 18.2 Å². The minimum absolute atomic E-state index is 0.0692. The van der Waals surface area contributed by atoms with E-state index in [9.17, 15) is 13.5 Å². The van der Waals surface area contributed by atoms with E-state index >= 15 is 0 Å². The van der Waals surface area contributed by atoms with Gasteiger partial charge in [-0.25, -0.2) is 0 Å². The number of phenolic OH excluding ortho intramolecular Hbond substituents is 1. The first-order valence-electron chi connectivity index (χ1n) is 5.51. The Morgan fingerprint density at radius 2 is 1.95 bits per heavy atom. The maximum Gasteiger partial charge on any atom is 0.294 e. The largest absolute Gasteiger partial charge is 0.507 e. The van der Waals surface area contributed by atoms with E-state index in [2.05, 4.69) is 5.32 Å². The van der Waals surface area contributed by atoms with Gasteiger partial charge in [0.05, 0.1) is 11.5 Å². The molecule has 0 atom stereocenters. The Labute approximate surface area is 110 Å². The fourth-order valence-corrected chi connectivity index (χ4v) is 2.40. The molecule has 0 aliphatic carbocycles. The van der Waals surface area contributed by atoms with E-state index in [1.807, 2.05) is 0 Å². The second kappa shape index (κ2) is 5.04. The van der Waals surface area contributed by atoms with Crippen LogP contribution in [0.1, 0.15) is 0 Å². The highest BCUT2D eigenvalue weighted by Crippen LogP contribution is 2.34. The first-order chi connectivity index (χ1) is 8.93. The highest BCUT2D eigenvalue weighted by atomic mass is 32.2. The molecule has 102 valence electrons. The number of anilines is 1. The lowest BCUT2D eigenvalue weighted by atomic mass is 10.1. The van der Waals surface area contributed by atoms with E-state index in [-0.39, 0.29) is 17.3 Å². The zero-order valence-electron chi connectivity index (χ0n) is 9.87. The van der Waals surface area contributed by atoms with Crippen molar-refractivity contribution in [3.8, 4) is 5.75 Å². The van der Waals surface area contributed by atoms with Crippen molar-refractivity contribution in [1.82, 2.24) is 0 Å². The highest BCUT2D eigenvalue weighted by Gasteiger charge is 2.14. The monoisotopic (exact) mass is 283 g/mol. The number of benzene rings is 2. The van der Waals surface area contributed by atoms with Crippen molar-refractivity contribution in [2.45, 2.75) is 4.90 Å². The van der Waals surface area contributed by atoms with Crippen molar-refractivity contribution in [3.05, 3.63) is 30.3 Å². The van der Waals surface area contributed by atoms with Gasteiger partial charge in [-0.1, -0.05) is 12.1 Å². The number of aromatic hydroxyl groups is 1. The average molecular weight is 283 g/mol. The molecular weight excluding hydrogens is 270 g/mol. The third-order valence-electron chi connectivity index (χ3n) is 2.65. The molecule has 0 aliphatic heterocycles. The van der Waals surface area contributed by atoms with Crippen LogP contribution in [-0.4, -0.2) is 36.3 Å². The van der Waals surface area contributed by atoms with Crippen molar-refractivity contribution in [2.75, 3.05) is 18.5 Å². The van der Waals surface area contributed by atoms with E-state index < -0.39 is 10.1 Å². The van der Waals surface area contributed by atoms with Gasteiger partial charge in [0, 0.05) is 23.7 Å². The van der Waals surface area contributed by atoms with Crippen LogP contribution >= 0.6 is 0 Å². The van der Waals surface area contributed by atoms with E-state index in [1.165, 1.54) is 6.07 Å².